The second-order valence-corrected chi connectivity index (χ2v) is 5.73. The maximum absolute atomic E-state index is 4.28. The Hall–Kier alpha value is -0.240. The molecule has 15 heavy (non-hydrogen) atoms. The minimum Gasteiger partial charge on any atom is -0.267 e. The summed E-state index contributed by atoms with van der Waals surface area (Å²) in [6.07, 6.45) is 15.6. The van der Waals surface area contributed by atoms with E-state index in [0.29, 0.717) is 5.25 Å². The Bertz CT molecular complexity index is 225. The lowest BCUT2D eigenvalue weighted by atomic mass is 9.94. The third-order valence-electron chi connectivity index (χ3n) is 3.48. The molecule has 2 heteroatoms. The molecular formula is C13H21NS. The van der Waals surface area contributed by atoms with Crippen molar-refractivity contribution in [3.63, 3.8) is 0 Å². The van der Waals surface area contributed by atoms with E-state index in [-0.39, 0.29) is 0 Å². The van der Waals surface area contributed by atoms with E-state index in [0.717, 1.165) is 5.92 Å². The summed E-state index contributed by atoms with van der Waals surface area (Å²) in [4.78, 5) is 4.28. The number of rotatable bonds is 1. The van der Waals surface area contributed by atoms with Crippen molar-refractivity contribution in [3.8, 4) is 0 Å². The molecular weight excluding hydrogens is 202 g/mol. The number of hydrogen-bond donors (Lipinski definition) is 0. The second kappa shape index (κ2) is 6.37. The van der Waals surface area contributed by atoms with Gasteiger partial charge in [-0.3, -0.25) is 4.99 Å². The highest BCUT2D eigenvalue weighted by Gasteiger charge is 2.20. The van der Waals surface area contributed by atoms with Crippen molar-refractivity contribution in [3.05, 3.63) is 11.6 Å². The Morgan fingerprint density at radius 1 is 0.933 bits per heavy atom. The van der Waals surface area contributed by atoms with E-state index in [1.54, 1.807) is 0 Å². The van der Waals surface area contributed by atoms with Crippen LogP contribution in [0.4, 0.5) is 0 Å². The summed E-state index contributed by atoms with van der Waals surface area (Å²) in [6.45, 7) is 0. The summed E-state index contributed by atoms with van der Waals surface area (Å²) >= 11 is 1.96. The van der Waals surface area contributed by atoms with Crippen LogP contribution in [0.3, 0.4) is 0 Å². The van der Waals surface area contributed by atoms with Crippen molar-refractivity contribution in [2.24, 2.45) is 10.9 Å². The van der Waals surface area contributed by atoms with Gasteiger partial charge in [-0.15, -0.1) is 11.8 Å². The molecule has 0 saturated heterocycles. The minimum atomic E-state index is 0.660. The number of nitrogens with zero attached hydrogens (tertiary/aromatic N) is 1. The van der Waals surface area contributed by atoms with Crippen LogP contribution in [0.25, 0.3) is 0 Å². The van der Waals surface area contributed by atoms with Gasteiger partial charge >= 0.3 is 0 Å². The van der Waals surface area contributed by atoms with Gasteiger partial charge in [0.05, 0.1) is 0 Å². The van der Waals surface area contributed by atoms with Crippen LogP contribution < -0.4 is 0 Å². The third kappa shape index (κ3) is 3.67. The summed E-state index contributed by atoms with van der Waals surface area (Å²) in [5.41, 5.74) is 0. The zero-order valence-corrected chi connectivity index (χ0v) is 10.2. The average molecular weight is 223 g/mol. The van der Waals surface area contributed by atoms with Crippen molar-refractivity contribution in [2.75, 3.05) is 0 Å². The maximum Gasteiger partial charge on any atom is 0.0470 e. The Balaban J connectivity index is 1.87. The van der Waals surface area contributed by atoms with Crippen molar-refractivity contribution >= 4 is 18.0 Å². The molecule has 1 unspecified atom stereocenters. The molecule has 1 fully saturated rings. The zero-order valence-electron chi connectivity index (χ0n) is 9.40. The molecule has 1 atom stereocenters. The molecule has 0 aromatic rings. The van der Waals surface area contributed by atoms with Crippen molar-refractivity contribution in [2.45, 2.75) is 56.6 Å². The largest absolute Gasteiger partial charge is 0.267 e. The van der Waals surface area contributed by atoms with E-state index in [9.17, 15) is 0 Å². The molecule has 1 aliphatic carbocycles. The third-order valence-corrected chi connectivity index (χ3v) is 4.58. The Labute approximate surface area is 97.4 Å². The van der Waals surface area contributed by atoms with Crippen LogP contribution in [0.5, 0.6) is 0 Å². The molecule has 2 rings (SSSR count). The van der Waals surface area contributed by atoms with Gasteiger partial charge in [0, 0.05) is 17.7 Å². The second-order valence-electron chi connectivity index (χ2n) is 4.64. The van der Waals surface area contributed by atoms with Crippen molar-refractivity contribution in [1.82, 2.24) is 0 Å². The molecule has 1 nitrogen and oxygen atoms in total. The van der Waals surface area contributed by atoms with Crippen LogP contribution >= 0.6 is 11.8 Å². The molecule has 0 spiro atoms. The molecule has 1 saturated carbocycles. The van der Waals surface area contributed by atoms with Crippen LogP contribution in [0.1, 0.15) is 51.4 Å². The van der Waals surface area contributed by atoms with Gasteiger partial charge in [0.25, 0.3) is 0 Å². The van der Waals surface area contributed by atoms with E-state index in [2.05, 4.69) is 16.6 Å². The summed E-state index contributed by atoms with van der Waals surface area (Å²) in [7, 11) is 0. The quantitative estimate of drug-likeness (QED) is 0.642. The van der Waals surface area contributed by atoms with E-state index in [1.807, 2.05) is 18.0 Å². The van der Waals surface area contributed by atoms with Crippen LogP contribution in [-0.4, -0.2) is 11.5 Å². The van der Waals surface area contributed by atoms with Gasteiger partial charge in [-0.2, -0.15) is 0 Å². The van der Waals surface area contributed by atoms with E-state index >= 15 is 0 Å². The first kappa shape index (κ1) is 11.3. The maximum atomic E-state index is 4.28. The molecule has 0 amide bonds. The summed E-state index contributed by atoms with van der Waals surface area (Å²) < 4.78 is 0. The van der Waals surface area contributed by atoms with Gasteiger partial charge < -0.3 is 0 Å². The molecule has 0 bridgehead atoms. The lowest BCUT2D eigenvalue weighted by molar-refractivity contribution is 0.451. The fourth-order valence-corrected chi connectivity index (χ4v) is 3.51. The van der Waals surface area contributed by atoms with Gasteiger partial charge in [-0.1, -0.05) is 38.5 Å². The fourth-order valence-electron chi connectivity index (χ4n) is 2.56. The molecule has 1 aliphatic heterocycles. The monoisotopic (exact) mass is 223 g/mol. The van der Waals surface area contributed by atoms with Crippen molar-refractivity contribution < 1.29 is 0 Å². The normalized spacial score (nSPS) is 29.5. The summed E-state index contributed by atoms with van der Waals surface area (Å²) in [5, 5.41) is 2.81. The van der Waals surface area contributed by atoms with E-state index in [4.69, 9.17) is 0 Å². The number of thioether (sulfide) groups is 1. The van der Waals surface area contributed by atoms with Gasteiger partial charge in [-0.25, -0.2) is 0 Å². The molecule has 1 heterocycles. The van der Waals surface area contributed by atoms with Crippen LogP contribution in [0.2, 0.25) is 0 Å². The Morgan fingerprint density at radius 2 is 1.60 bits per heavy atom. The molecule has 2 aliphatic rings. The van der Waals surface area contributed by atoms with Gasteiger partial charge in [-0.05, 0) is 24.2 Å². The van der Waals surface area contributed by atoms with Crippen LogP contribution in [-0.2, 0) is 0 Å². The van der Waals surface area contributed by atoms with Crippen molar-refractivity contribution in [1.29, 1.82) is 0 Å². The zero-order chi connectivity index (χ0) is 10.3. The Morgan fingerprint density at radius 3 is 2.20 bits per heavy atom. The first-order valence-electron chi connectivity index (χ1n) is 6.30. The topological polar surface area (TPSA) is 12.4 Å². The Kier molecular flexibility index (Phi) is 4.78. The highest BCUT2D eigenvalue weighted by atomic mass is 32.2. The van der Waals surface area contributed by atoms with Gasteiger partial charge in [0.1, 0.15) is 0 Å². The lowest BCUT2D eigenvalue weighted by Gasteiger charge is -2.23. The predicted octanol–water partition coefficient (Wildman–Crippen LogP) is 4.39. The average Bonchev–Trinajstić information content (AvgIpc) is 2.43. The van der Waals surface area contributed by atoms with E-state index < -0.39 is 0 Å². The standard InChI is InChI=1S/C13H21NS/c1-2-4-6-8-12(7-5-3-1)13-11-14-9-10-15-13/h9-13H,1-8H2. The molecule has 0 radical (unpaired) electrons. The lowest BCUT2D eigenvalue weighted by Crippen LogP contribution is -2.19. The highest BCUT2D eigenvalue weighted by Crippen LogP contribution is 2.31. The first-order valence-corrected chi connectivity index (χ1v) is 7.25. The van der Waals surface area contributed by atoms with E-state index in [1.165, 1.54) is 51.4 Å². The first-order chi connectivity index (χ1) is 7.47. The van der Waals surface area contributed by atoms with Gasteiger partial charge in [0.15, 0.2) is 0 Å². The predicted molar refractivity (Wildman–Crippen MR) is 69.4 cm³/mol. The molecule has 0 aromatic heterocycles. The van der Waals surface area contributed by atoms with Gasteiger partial charge in [0.2, 0.25) is 0 Å². The van der Waals surface area contributed by atoms with Crippen LogP contribution in [0, 0.1) is 5.92 Å². The number of aliphatic imine (C=N–C) groups is 1. The summed E-state index contributed by atoms with van der Waals surface area (Å²) in [6, 6.07) is 0. The molecule has 84 valence electrons. The highest BCUT2D eigenvalue weighted by molar-refractivity contribution is 8.03. The molecule has 0 aromatic carbocycles. The van der Waals surface area contributed by atoms with Crippen LogP contribution in [0.15, 0.2) is 16.6 Å². The SMILES string of the molecule is C1=CSC(C2CCCCCCCC2)C=N1. The summed E-state index contributed by atoms with van der Waals surface area (Å²) in [5.74, 6) is 0.877. The number of hydrogen-bond acceptors (Lipinski definition) is 2. The fraction of sp³-hybridized carbons (Fsp3) is 0.769. The minimum absolute atomic E-state index is 0.660. The smallest absolute Gasteiger partial charge is 0.0470 e. The molecule has 0 N–H and O–H groups in total.